The van der Waals surface area contributed by atoms with Gasteiger partial charge in [-0.05, 0) is 17.7 Å². The van der Waals surface area contributed by atoms with E-state index in [4.69, 9.17) is 4.74 Å². The van der Waals surface area contributed by atoms with Crippen LogP contribution >= 0.6 is 0 Å². The maximum absolute atomic E-state index is 5.78. The molecular weight excluding hydrogens is 296 g/mol. The highest BCUT2D eigenvalue weighted by atomic mass is 16.5. The minimum absolute atomic E-state index is 0.762. The predicted molar refractivity (Wildman–Crippen MR) is 100 cm³/mol. The van der Waals surface area contributed by atoms with E-state index < -0.39 is 0 Å². The summed E-state index contributed by atoms with van der Waals surface area (Å²) in [5, 5.41) is 0. The summed E-state index contributed by atoms with van der Waals surface area (Å²) >= 11 is 0. The number of rotatable bonds is 7. The zero-order chi connectivity index (χ0) is 16.5. The van der Waals surface area contributed by atoms with Crippen molar-refractivity contribution in [3.8, 4) is 5.75 Å². The average molecular weight is 322 g/mol. The van der Waals surface area contributed by atoms with Gasteiger partial charge in [-0.3, -0.25) is 9.80 Å². The summed E-state index contributed by atoms with van der Waals surface area (Å²) in [7, 11) is 0. The molecular formula is C21H26N2O. The lowest BCUT2D eigenvalue weighted by Crippen LogP contribution is -2.47. The number of nitrogens with zero attached hydrogens (tertiary/aromatic N) is 2. The van der Waals surface area contributed by atoms with Gasteiger partial charge < -0.3 is 4.74 Å². The van der Waals surface area contributed by atoms with Crippen LogP contribution in [0.3, 0.4) is 0 Å². The van der Waals surface area contributed by atoms with Gasteiger partial charge in [0, 0.05) is 39.3 Å². The quantitative estimate of drug-likeness (QED) is 0.777. The number of para-hydroxylation sites is 1. The molecule has 0 aromatic heterocycles. The van der Waals surface area contributed by atoms with Crippen molar-refractivity contribution in [3.63, 3.8) is 0 Å². The first-order valence-electron chi connectivity index (χ1n) is 8.74. The number of hydrogen-bond donors (Lipinski definition) is 0. The van der Waals surface area contributed by atoms with Crippen molar-refractivity contribution in [2.75, 3.05) is 45.9 Å². The van der Waals surface area contributed by atoms with Crippen molar-refractivity contribution in [1.82, 2.24) is 9.80 Å². The zero-order valence-electron chi connectivity index (χ0n) is 14.2. The first-order chi connectivity index (χ1) is 11.9. The second-order valence-electron chi connectivity index (χ2n) is 6.12. The Balaban J connectivity index is 1.32. The molecule has 0 unspecified atom stereocenters. The standard InChI is InChI=1S/C21H26N2O/c1-3-8-20(9-4-1)10-7-13-22-14-16-23(17-15-22)18-19-24-21-11-5-2-6-12-21/h1-12H,13-19H2/b10-7+. The summed E-state index contributed by atoms with van der Waals surface area (Å²) in [5.74, 6) is 0.960. The average Bonchev–Trinajstić information content (AvgIpc) is 2.65. The molecule has 0 bridgehead atoms. The molecule has 0 spiro atoms. The van der Waals surface area contributed by atoms with E-state index in [1.165, 1.54) is 5.56 Å². The molecule has 0 N–H and O–H groups in total. The van der Waals surface area contributed by atoms with E-state index in [-0.39, 0.29) is 0 Å². The van der Waals surface area contributed by atoms with Crippen molar-refractivity contribution in [1.29, 1.82) is 0 Å². The number of benzene rings is 2. The largest absolute Gasteiger partial charge is 0.492 e. The Morgan fingerprint density at radius 3 is 2.12 bits per heavy atom. The zero-order valence-corrected chi connectivity index (χ0v) is 14.2. The molecule has 1 aliphatic rings. The van der Waals surface area contributed by atoms with Crippen LogP contribution in [0, 0.1) is 0 Å². The van der Waals surface area contributed by atoms with Gasteiger partial charge in [0.05, 0.1) is 0 Å². The fraction of sp³-hybridized carbons (Fsp3) is 0.333. The lowest BCUT2D eigenvalue weighted by Gasteiger charge is -2.34. The highest BCUT2D eigenvalue weighted by Crippen LogP contribution is 2.09. The van der Waals surface area contributed by atoms with Crippen molar-refractivity contribution >= 4 is 6.08 Å². The van der Waals surface area contributed by atoms with E-state index in [1.54, 1.807) is 0 Å². The maximum Gasteiger partial charge on any atom is 0.119 e. The third-order valence-corrected chi connectivity index (χ3v) is 4.36. The van der Waals surface area contributed by atoms with Crippen molar-refractivity contribution in [2.24, 2.45) is 0 Å². The van der Waals surface area contributed by atoms with Gasteiger partial charge in [-0.2, -0.15) is 0 Å². The lowest BCUT2D eigenvalue weighted by molar-refractivity contribution is 0.125. The van der Waals surface area contributed by atoms with Crippen LogP contribution in [0.25, 0.3) is 6.08 Å². The van der Waals surface area contributed by atoms with Crippen LogP contribution in [0.2, 0.25) is 0 Å². The summed E-state index contributed by atoms with van der Waals surface area (Å²) in [5.41, 5.74) is 1.27. The molecule has 24 heavy (non-hydrogen) atoms. The lowest BCUT2D eigenvalue weighted by atomic mass is 10.2. The van der Waals surface area contributed by atoms with Crippen LogP contribution in [-0.2, 0) is 0 Å². The molecule has 3 nitrogen and oxygen atoms in total. The highest BCUT2D eigenvalue weighted by Gasteiger charge is 2.15. The van der Waals surface area contributed by atoms with Gasteiger partial charge in [0.25, 0.3) is 0 Å². The SMILES string of the molecule is C(=C\c1ccccc1)/CN1CCN(CCOc2ccccc2)CC1. The van der Waals surface area contributed by atoms with Gasteiger partial charge in [-0.1, -0.05) is 60.7 Å². The minimum Gasteiger partial charge on any atom is -0.492 e. The predicted octanol–water partition coefficient (Wildman–Crippen LogP) is 3.40. The fourth-order valence-electron chi connectivity index (χ4n) is 2.91. The van der Waals surface area contributed by atoms with Gasteiger partial charge >= 0.3 is 0 Å². The van der Waals surface area contributed by atoms with Crippen LogP contribution in [-0.4, -0.2) is 55.7 Å². The Kier molecular flexibility index (Phi) is 6.46. The van der Waals surface area contributed by atoms with E-state index in [0.29, 0.717) is 0 Å². The molecule has 0 atom stereocenters. The molecule has 0 saturated carbocycles. The second-order valence-corrected chi connectivity index (χ2v) is 6.12. The van der Waals surface area contributed by atoms with Crippen LogP contribution < -0.4 is 4.74 Å². The molecule has 0 amide bonds. The Morgan fingerprint density at radius 1 is 0.792 bits per heavy atom. The molecule has 2 aromatic carbocycles. The van der Waals surface area contributed by atoms with Crippen LogP contribution in [0.1, 0.15) is 5.56 Å². The van der Waals surface area contributed by atoms with Gasteiger partial charge in [-0.25, -0.2) is 0 Å². The van der Waals surface area contributed by atoms with Gasteiger partial charge in [0.15, 0.2) is 0 Å². The summed E-state index contributed by atoms with van der Waals surface area (Å²) in [4.78, 5) is 4.99. The van der Waals surface area contributed by atoms with Gasteiger partial charge in [0.1, 0.15) is 12.4 Å². The summed E-state index contributed by atoms with van der Waals surface area (Å²) in [6.07, 6.45) is 4.48. The maximum atomic E-state index is 5.78. The number of piperazine rings is 1. The Hall–Kier alpha value is -2.10. The van der Waals surface area contributed by atoms with E-state index in [2.05, 4.69) is 52.3 Å². The molecule has 1 saturated heterocycles. The minimum atomic E-state index is 0.762. The van der Waals surface area contributed by atoms with Crippen molar-refractivity contribution < 1.29 is 4.74 Å². The van der Waals surface area contributed by atoms with E-state index in [9.17, 15) is 0 Å². The monoisotopic (exact) mass is 322 g/mol. The van der Waals surface area contributed by atoms with Crippen molar-refractivity contribution in [2.45, 2.75) is 0 Å². The molecule has 126 valence electrons. The van der Waals surface area contributed by atoms with E-state index in [0.717, 1.165) is 51.6 Å². The summed E-state index contributed by atoms with van der Waals surface area (Å²) in [6, 6.07) is 20.5. The van der Waals surface area contributed by atoms with E-state index in [1.807, 2.05) is 30.3 Å². The summed E-state index contributed by atoms with van der Waals surface area (Å²) < 4.78 is 5.78. The van der Waals surface area contributed by atoms with Crippen LogP contribution in [0.5, 0.6) is 5.75 Å². The number of ether oxygens (including phenoxy) is 1. The molecule has 1 heterocycles. The Morgan fingerprint density at radius 2 is 1.42 bits per heavy atom. The Bertz CT molecular complexity index is 604. The van der Waals surface area contributed by atoms with Crippen LogP contribution in [0.4, 0.5) is 0 Å². The normalized spacial score (nSPS) is 16.5. The van der Waals surface area contributed by atoms with Crippen LogP contribution in [0.15, 0.2) is 66.7 Å². The smallest absolute Gasteiger partial charge is 0.119 e. The third kappa shape index (κ3) is 5.52. The molecule has 1 fully saturated rings. The third-order valence-electron chi connectivity index (χ3n) is 4.36. The molecule has 3 rings (SSSR count). The Labute approximate surface area is 145 Å². The second kappa shape index (κ2) is 9.26. The fourth-order valence-corrected chi connectivity index (χ4v) is 2.91. The highest BCUT2D eigenvalue weighted by molar-refractivity contribution is 5.48. The first-order valence-corrected chi connectivity index (χ1v) is 8.74. The molecule has 3 heteroatoms. The van der Waals surface area contributed by atoms with E-state index >= 15 is 0 Å². The molecule has 2 aromatic rings. The molecule has 1 aliphatic heterocycles. The van der Waals surface area contributed by atoms with Gasteiger partial charge in [0.2, 0.25) is 0 Å². The summed E-state index contributed by atoms with van der Waals surface area (Å²) in [6.45, 7) is 7.30. The first kappa shape index (κ1) is 16.7. The van der Waals surface area contributed by atoms with Gasteiger partial charge in [-0.15, -0.1) is 0 Å². The molecule has 0 aliphatic carbocycles. The number of hydrogen-bond acceptors (Lipinski definition) is 3. The van der Waals surface area contributed by atoms with Crippen molar-refractivity contribution in [3.05, 3.63) is 72.3 Å². The topological polar surface area (TPSA) is 15.7 Å². The molecule has 0 radical (unpaired) electrons.